The van der Waals surface area contributed by atoms with Crippen LogP contribution in [0, 0.1) is 0 Å². The Morgan fingerprint density at radius 2 is 1.71 bits per heavy atom. The quantitative estimate of drug-likeness (QED) is 0.654. The third-order valence-corrected chi connectivity index (χ3v) is 4.10. The van der Waals surface area contributed by atoms with Crippen molar-refractivity contribution < 1.29 is 4.74 Å². The lowest BCUT2D eigenvalue weighted by Gasteiger charge is -2.28. The lowest BCUT2D eigenvalue weighted by atomic mass is 10.3. The van der Waals surface area contributed by atoms with Gasteiger partial charge in [0.25, 0.3) is 0 Å². The molecule has 0 radical (unpaired) electrons. The van der Waals surface area contributed by atoms with E-state index in [1.165, 1.54) is 25.1 Å². The first-order valence-corrected chi connectivity index (χ1v) is 8.57. The van der Waals surface area contributed by atoms with Gasteiger partial charge in [-0.2, -0.15) is 0 Å². The summed E-state index contributed by atoms with van der Waals surface area (Å²) >= 11 is 0. The zero-order valence-corrected chi connectivity index (χ0v) is 10.7. The van der Waals surface area contributed by atoms with Crippen molar-refractivity contribution in [3.8, 4) is 0 Å². The van der Waals surface area contributed by atoms with E-state index in [1.807, 2.05) is 0 Å². The summed E-state index contributed by atoms with van der Waals surface area (Å²) < 4.78 is 5.32. The second-order valence-corrected chi connectivity index (χ2v) is 9.55. The smallest absolute Gasteiger partial charge is 0.0594 e. The predicted octanol–water partition coefficient (Wildman–Crippen LogP) is 1.79. The highest BCUT2D eigenvalue weighted by Crippen LogP contribution is 2.35. The fourth-order valence-electron chi connectivity index (χ4n) is 1.70. The lowest BCUT2D eigenvalue weighted by molar-refractivity contribution is 0.0374. The Morgan fingerprint density at radius 1 is 1.07 bits per heavy atom. The molecule has 86 valence electrons. The van der Waals surface area contributed by atoms with Gasteiger partial charge in [-0.1, -0.05) is 0 Å². The number of ether oxygens (including phenoxy) is 1. The summed E-state index contributed by atoms with van der Waals surface area (Å²) in [6, 6.07) is 0. The normalized spacial score (nSPS) is 21.1. The number of rotatable bonds is 5. The monoisotopic (exact) mass is 219 g/mol. The Hall–Kier alpha value is 0.270. The predicted molar refractivity (Wildman–Crippen MR) is 66.7 cm³/mol. The van der Waals surface area contributed by atoms with Crippen LogP contribution >= 0.6 is 10.0 Å². The van der Waals surface area contributed by atoms with Crippen LogP contribution < -0.4 is 0 Å². The second-order valence-electron chi connectivity index (χ2n) is 4.96. The highest BCUT2D eigenvalue weighted by molar-refractivity contribution is 8.32. The average molecular weight is 219 g/mol. The van der Waals surface area contributed by atoms with E-state index < -0.39 is 0 Å². The van der Waals surface area contributed by atoms with Crippen LogP contribution in [-0.2, 0) is 4.74 Å². The number of nitrogens with zero attached hydrogens (tertiary/aromatic N) is 1. The SMILES string of the molecule is CS(C)(C)CCCCN1CCOCC1. The molecule has 3 heteroatoms. The fraction of sp³-hybridized carbons (Fsp3) is 1.00. The van der Waals surface area contributed by atoms with E-state index in [1.54, 1.807) is 0 Å². The highest BCUT2D eigenvalue weighted by Gasteiger charge is 2.10. The van der Waals surface area contributed by atoms with Crippen molar-refractivity contribution in [2.75, 3.05) is 57.4 Å². The molecular weight excluding hydrogens is 194 g/mol. The molecule has 0 N–H and O–H groups in total. The minimum atomic E-state index is -0.270. The summed E-state index contributed by atoms with van der Waals surface area (Å²) in [5.41, 5.74) is 0. The summed E-state index contributed by atoms with van der Waals surface area (Å²) in [5.74, 6) is 1.43. The molecule has 2 nitrogen and oxygen atoms in total. The molecule has 0 aromatic heterocycles. The van der Waals surface area contributed by atoms with Gasteiger partial charge in [0, 0.05) is 13.1 Å². The van der Waals surface area contributed by atoms with Gasteiger partial charge >= 0.3 is 0 Å². The van der Waals surface area contributed by atoms with Crippen LogP contribution in [0.1, 0.15) is 12.8 Å². The Morgan fingerprint density at radius 3 is 2.29 bits per heavy atom. The third kappa shape index (κ3) is 5.89. The van der Waals surface area contributed by atoms with E-state index in [0.29, 0.717) is 0 Å². The minimum Gasteiger partial charge on any atom is -0.379 e. The Balaban J connectivity index is 1.97. The molecule has 0 saturated carbocycles. The zero-order valence-electron chi connectivity index (χ0n) is 9.92. The van der Waals surface area contributed by atoms with Crippen molar-refractivity contribution in [3.05, 3.63) is 0 Å². The molecule has 0 bridgehead atoms. The highest BCUT2D eigenvalue weighted by atomic mass is 32.3. The van der Waals surface area contributed by atoms with Crippen molar-refractivity contribution in [1.82, 2.24) is 4.90 Å². The van der Waals surface area contributed by atoms with E-state index >= 15 is 0 Å². The van der Waals surface area contributed by atoms with Crippen LogP contribution in [0.25, 0.3) is 0 Å². The molecule has 1 saturated heterocycles. The van der Waals surface area contributed by atoms with Gasteiger partial charge in [-0.05, 0) is 43.9 Å². The topological polar surface area (TPSA) is 12.5 Å². The van der Waals surface area contributed by atoms with E-state index in [-0.39, 0.29) is 10.0 Å². The summed E-state index contributed by atoms with van der Waals surface area (Å²) in [7, 11) is -0.270. The average Bonchev–Trinajstić information content (AvgIpc) is 2.13. The van der Waals surface area contributed by atoms with E-state index in [9.17, 15) is 0 Å². The maximum absolute atomic E-state index is 5.32. The second kappa shape index (κ2) is 5.99. The van der Waals surface area contributed by atoms with Crippen LogP contribution in [0.5, 0.6) is 0 Å². The van der Waals surface area contributed by atoms with Gasteiger partial charge in [0.05, 0.1) is 13.2 Å². The molecule has 1 rings (SSSR count). The first kappa shape index (κ1) is 12.3. The fourth-order valence-corrected chi connectivity index (χ4v) is 2.77. The molecule has 0 spiro atoms. The van der Waals surface area contributed by atoms with E-state index in [0.717, 1.165) is 26.3 Å². The van der Waals surface area contributed by atoms with Crippen molar-refractivity contribution in [2.24, 2.45) is 0 Å². The van der Waals surface area contributed by atoms with Crippen LogP contribution in [0.2, 0.25) is 0 Å². The van der Waals surface area contributed by atoms with Crippen molar-refractivity contribution in [1.29, 1.82) is 0 Å². The lowest BCUT2D eigenvalue weighted by Crippen LogP contribution is -2.36. The largest absolute Gasteiger partial charge is 0.379 e. The van der Waals surface area contributed by atoms with E-state index in [2.05, 4.69) is 23.7 Å². The molecule has 1 aliphatic heterocycles. The maximum Gasteiger partial charge on any atom is 0.0594 e. The van der Waals surface area contributed by atoms with Crippen molar-refractivity contribution in [3.63, 3.8) is 0 Å². The number of morpholine rings is 1. The maximum atomic E-state index is 5.32. The summed E-state index contributed by atoms with van der Waals surface area (Å²) in [6.07, 6.45) is 9.98. The first-order valence-electron chi connectivity index (χ1n) is 5.54. The molecule has 1 heterocycles. The van der Waals surface area contributed by atoms with Crippen molar-refractivity contribution >= 4 is 10.0 Å². The third-order valence-electron chi connectivity index (χ3n) is 2.58. The number of unbranched alkanes of at least 4 members (excludes halogenated alkanes) is 1. The molecule has 0 unspecified atom stereocenters. The molecule has 0 aromatic rings. The number of hydrogen-bond donors (Lipinski definition) is 0. The Labute approximate surface area is 90.3 Å². The zero-order chi connectivity index (χ0) is 10.4. The van der Waals surface area contributed by atoms with Crippen molar-refractivity contribution in [2.45, 2.75) is 12.8 Å². The standard InChI is InChI=1S/C11H25NOS/c1-14(2,3)11-5-4-6-12-7-9-13-10-8-12/h4-11H2,1-3H3. The molecule has 0 atom stereocenters. The van der Waals surface area contributed by atoms with Crippen LogP contribution in [0.4, 0.5) is 0 Å². The number of hydrogen-bond acceptors (Lipinski definition) is 2. The van der Waals surface area contributed by atoms with Gasteiger partial charge in [0.2, 0.25) is 0 Å². The van der Waals surface area contributed by atoms with Gasteiger partial charge < -0.3 is 4.74 Å². The Kier molecular flexibility index (Phi) is 5.28. The van der Waals surface area contributed by atoms with Crippen LogP contribution in [0.15, 0.2) is 0 Å². The first-order chi connectivity index (χ1) is 6.58. The van der Waals surface area contributed by atoms with Crippen LogP contribution in [0.3, 0.4) is 0 Å². The van der Waals surface area contributed by atoms with Gasteiger partial charge in [-0.3, -0.25) is 4.90 Å². The van der Waals surface area contributed by atoms with Crippen LogP contribution in [-0.4, -0.2) is 62.3 Å². The van der Waals surface area contributed by atoms with E-state index in [4.69, 9.17) is 4.74 Å². The Bertz CT molecular complexity index is 150. The summed E-state index contributed by atoms with van der Waals surface area (Å²) in [4.78, 5) is 2.53. The van der Waals surface area contributed by atoms with Gasteiger partial charge in [-0.25, -0.2) is 10.0 Å². The molecule has 0 aliphatic carbocycles. The van der Waals surface area contributed by atoms with Gasteiger partial charge in [0.1, 0.15) is 0 Å². The molecule has 14 heavy (non-hydrogen) atoms. The summed E-state index contributed by atoms with van der Waals surface area (Å²) in [5, 5.41) is 0. The molecule has 1 aliphatic rings. The van der Waals surface area contributed by atoms with Gasteiger partial charge in [0.15, 0.2) is 0 Å². The molecular formula is C11H25NOS. The van der Waals surface area contributed by atoms with Gasteiger partial charge in [-0.15, -0.1) is 0 Å². The molecule has 1 fully saturated rings. The summed E-state index contributed by atoms with van der Waals surface area (Å²) in [6.45, 7) is 5.43. The molecule has 0 amide bonds. The minimum absolute atomic E-state index is 0.270. The molecule has 0 aromatic carbocycles.